The number of aromatic nitrogens is 2. The second-order valence-electron chi connectivity index (χ2n) is 4.50. The summed E-state index contributed by atoms with van der Waals surface area (Å²) in [5, 5.41) is 0.225. The van der Waals surface area contributed by atoms with Crippen LogP contribution in [-0.2, 0) is 4.79 Å². The second-order valence-corrected chi connectivity index (χ2v) is 4.86. The van der Waals surface area contributed by atoms with E-state index in [9.17, 15) is 4.79 Å². The summed E-state index contributed by atoms with van der Waals surface area (Å²) in [5.74, 6) is 0.258. The highest BCUT2D eigenvalue weighted by Gasteiger charge is 2.39. The first-order valence-corrected chi connectivity index (χ1v) is 5.63. The molecule has 2 rings (SSSR count). The quantitative estimate of drug-likeness (QED) is 0.746. The minimum atomic E-state index is -0.538. The van der Waals surface area contributed by atoms with Crippen LogP contribution >= 0.6 is 11.6 Å². The topological polar surface area (TPSA) is 98.1 Å². The molecule has 1 aliphatic rings. The van der Waals surface area contributed by atoms with E-state index in [1.807, 2.05) is 11.8 Å². The number of carbonyl (C=O) groups excluding carboxylic acids is 1. The average molecular weight is 256 g/mol. The van der Waals surface area contributed by atoms with Crippen LogP contribution in [0.15, 0.2) is 6.33 Å². The van der Waals surface area contributed by atoms with Gasteiger partial charge in [0.05, 0.1) is 5.41 Å². The molecule has 1 aromatic heterocycles. The van der Waals surface area contributed by atoms with Gasteiger partial charge < -0.3 is 16.4 Å². The Morgan fingerprint density at radius 1 is 1.59 bits per heavy atom. The van der Waals surface area contributed by atoms with Crippen molar-refractivity contribution in [3.8, 4) is 0 Å². The van der Waals surface area contributed by atoms with Gasteiger partial charge in [-0.1, -0.05) is 11.6 Å². The van der Waals surface area contributed by atoms with E-state index in [1.54, 1.807) is 0 Å². The zero-order valence-corrected chi connectivity index (χ0v) is 10.2. The Labute approximate surface area is 104 Å². The molecule has 1 atom stereocenters. The number of primary amides is 1. The fourth-order valence-corrected chi connectivity index (χ4v) is 2.09. The lowest BCUT2D eigenvalue weighted by atomic mass is 9.89. The molecule has 0 saturated carbocycles. The minimum Gasteiger partial charge on any atom is -0.393 e. The van der Waals surface area contributed by atoms with Gasteiger partial charge in [0.15, 0.2) is 11.0 Å². The van der Waals surface area contributed by atoms with Gasteiger partial charge in [-0.25, -0.2) is 9.97 Å². The third-order valence-corrected chi connectivity index (χ3v) is 3.48. The van der Waals surface area contributed by atoms with Crippen molar-refractivity contribution in [1.82, 2.24) is 9.97 Å². The standard InChI is InChI=1S/C10H14ClN5O/c1-10(9(13)17)2-3-16(4-10)8-6(12)7(11)14-5-15-8/h5H,2-4,12H2,1H3,(H2,13,17). The van der Waals surface area contributed by atoms with E-state index in [-0.39, 0.29) is 11.1 Å². The summed E-state index contributed by atoms with van der Waals surface area (Å²) in [4.78, 5) is 21.2. The summed E-state index contributed by atoms with van der Waals surface area (Å²) in [5.41, 5.74) is 11.0. The number of carbonyl (C=O) groups is 1. The van der Waals surface area contributed by atoms with Crippen LogP contribution in [0.2, 0.25) is 5.15 Å². The van der Waals surface area contributed by atoms with Crippen molar-refractivity contribution in [2.75, 3.05) is 23.7 Å². The lowest BCUT2D eigenvalue weighted by Gasteiger charge is -2.22. The second kappa shape index (κ2) is 4.03. The van der Waals surface area contributed by atoms with E-state index in [2.05, 4.69) is 9.97 Å². The molecule has 1 fully saturated rings. The van der Waals surface area contributed by atoms with Gasteiger partial charge in [-0.2, -0.15) is 0 Å². The van der Waals surface area contributed by atoms with Crippen LogP contribution in [0.5, 0.6) is 0 Å². The predicted octanol–water partition coefficient (Wildman–Crippen LogP) is 0.414. The number of anilines is 2. The molecule has 1 unspecified atom stereocenters. The number of hydrogen-bond acceptors (Lipinski definition) is 5. The van der Waals surface area contributed by atoms with Gasteiger partial charge in [-0.05, 0) is 13.3 Å². The molecule has 1 saturated heterocycles. The van der Waals surface area contributed by atoms with Gasteiger partial charge in [-0.3, -0.25) is 4.79 Å². The molecule has 17 heavy (non-hydrogen) atoms. The maximum atomic E-state index is 11.4. The zero-order valence-electron chi connectivity index (χ0n) is 9.48. The van der Waals surface area contributed by atoms with E-state index < -0.39 is 5.41 Å². The Hall–Kier alpha value is -1.56. The van der Waals surface area contributed by atoms with Crippen molar-refractivity contribution in [3.05, 3.63) is 11.5 Å². The van der Waals surface area contributed by atoms with Crippen LogP contribution < -0.4 is 16.4 Å². The van der Waals surface area contributed by atoms with Gasteiger partial charge in [0.25, 0.3) is 0 Å². The molecule has 0 bridgehead atoms. The molecule has 0 aromatic carbocycles. The molecular weight excluding hydrogens is 242 g/mol. The van der Waals surface area contributed by atoms with Crippen LogP contribution in [0.25, 0.3) is 0 Å². The zero-order chi connectivity index (χ0) is 12.6. The molecule has 7 heteroatoms. The first-order valence-electron chi connectivity index (χ1n) is 5.25. The van der Waals surface area contributed by atoms with Crippen LogP contribution in [-0.4, -0.2) is 29.0 Å². The van der Waals surface area contributed by atoms with Gasteiger partial charge in [0.2, 0.25) is 5.91 Å². The molecule has 2 heterocycles. The van der Waals surface area contributed by atoms with Crippen molar-refractivity contribution in [2.24, 2.45) is 11.1 Å². The normalized spacial score (nSPS) is 24.0. The van der Waals surface area contributed by atoms with Crippen molar-refractivity contribution >= 4 is 29.0 Å². The minimum absolute atomic E-state index is 0.225. The SMILES string of the molecule is CC1(C(N)=O)CCN(c2ncnc(Cl)c2N)C1. The highest BCUT2D eigenvalue weighted by molar-refractivity contribution is 6.32. The number of amides is 1. The highest BCUT2D eigenvalue weighted by atomic mass is 35.5. The van der Waals surface area contributed by atoms with E-state index in [4.69, 9.17) is 23.1 Å². The number of halogens is 1. The third kappa shape index (κ3) is 2.00. The molecule has 1 amide bonds. The lowest BCUT2D eigenvalue weighted by Crippen LogP contribution is -2.37. The largest absolute Gasteiger partial charge is 0.393 e. The molecule has 1 aromatic rings. The van der Waals surface area contributed by atoms with E-state index in [0.717, 1.165) is 0 Å². The summed E-state index contributed by atoms with van der Waals surface area (Å²) >= 11 is 5.83. The number of hydrogen-bond donors (Lipinski definition) is 2. The van der Waals surface area contributed by atoms with Crippen LogP contribution in [0.4, 0.5) is 11.5 Å². The average Bonchev–Trinajstić information content (AvgIpc) is 2.66. The Kier molecular flexibility index (Phi) is 2.82. The first kappa shape index (κ1) is 11.9. The third-order valence-electron chi connectivity index (χ3n) is 3.18. The van der Waals surface area contributed by atoms with E-state index in [0.29, 0.717) is 31.0 Å². The first-order chi connectivity index (χ1) is 7.94. The monoisotopic (exact) mass is 255 g/mol. The highest BCUT2D eigenvalue weighted by Crippen LogP contribution is 2.35. The van der Waals surface area contributed by atoms with Crippen LogP contribution in [0.1, 0.15) is 13.3 Å². The van der Waals surface area contributed by atoms with E-state index in [1.165, 1.54) is 6.33 Å². The summed E-state index contributed by atoms with van der Waals surface area (Å²) in [7, 11) is 0. The molecule has 0 radical (unpaired) electrons. The van der Waals surface area contributed by atoms with Crippen molar-refractivity contribution in [2.45, 2.75) is 13.3 Å². The fraction of sp³-hybridized carbons (Fsp3) is 0.500. The summed E-state index contributed by atoms with van der Waals surface area (Å²) in [6.07, 6.45) is 2.04. The summed E-state index contributed by atoms with van der Waals surface area (Å²) < 4.78 is 0. The number of nitrogens with two attached hydrogens (primary N) is 2. The molecule has 0 aliphatic carbocycles. The molecule has 4 N–H and O–H groups in total. The van der Waals surface area contributed by atoms with Gasteiger partial charge in [-0.15, -0.1) is 0 Å². The predicted molar refractivity (Wildman–Crippen MR) is 65.6 cm³/mol. The van der Waals surface area contributed by atoms with E-state index >= 15 is 0 Å². The molecule has 6 nitrogen and oxygen atoms in total. The number of nitrogen functional groups attached to an aromatic ring is 1. The Morgan fingerprint density at radius 2 is 2.29 bits per heavy atom. The smallest absolute Gasteiger partial charge is 0.225 e. The fourth-order valence-electron chi connectivity index (χ4n) is 1.96. The van der Waals surface area contributed by atoms with Crippen molar-refractivity contribution in [3.63, 3.8) is 0 Å². The maximum absolute atomic E-state index is 11.4. The number of rotatable bonds is 2. The van der Waals surface area contributed by atoms with Gasteiger partial charge >= 0.3 is 0 Å². The Bertz CT molecular complexity index is 466. The van der Waals surface area contributed by atoms with Crippen LogP contribution in [0.3, 0.4) is 0 Å². The molecule has 92 valence electrons. The summed E-state index contributed by atoms with van der Waals surface area (Å²) in [6, 6.07) is 0. The van der Waals surface area contributed by atoms with Crippen LogP contribution in [0, 0.1) is 5.41 Å². The number of nitrogens with zero attached hydrogens (tertiary/aromatic N) is 3. The molecule has 0 spiro atoms. The summed E-state index contributed by atoms with van der Waals surface area (Å²) in [6.45, 7) is 3.02. The Balaban J connectivity index is 2.27. The Morgan fingerprint density at radius 3 is 2.88 bits per heavy atom. The maximum Gasteiger partial charge on any atom is 0.225 e. The molecule has 1 aliphatic heterocycles. The lowest BCUT2D eigenvalue weighted by molar-refractivity contribution is -0.125. The molecular formula is C10H14ClN5O. The van der Waals surface area contributed by atoms with Crippen molar-refractivity contribution in [1.29, 1.82) is 0 Å². The van der Waals surface area contributed by atoms with Gasteiger partial charge in [0, 0.05) is 13.1 Å². The van der Waals surface area contributed by atoms with Crippen molar-refractivity contribution < 1.29 is 4.79 Å². The van der Waals surface area contributed by atoms with Gasteiger partial charge in [0.1, 0.15) is 12.0 Å².